The zero-order valence-corrected chi connectivity index (χ0v) is 11.7. The highest BCUT2D eigenvalue weighted by atomic mass is 35.5. The van der Waals surface area contributed by atoms with E-state index < -0.39 is 0 Å². The molecule has 1 aliphatic heterocycles. The average molecular weight is 297 g/mol. The zero-order chi connectivity index (χ0) is 13.2. The highest BCUT2D eigenvalue weighted by Gasteiger charge is 2.22. The summed E-state index contributed by atoms with van der Waals surface area (Å²) in [6, 6.07) is 3.54. The topological polar surface area (TPSA) is 66.9 Å². The number of piperidine rings is 1. The van der Waals surface area contributed by atoms with Gasteiger partial charge in [0.05, 0.1) is 28.4 Å². The quantitative estimate of drug-likeness (QED) is 0.892. The van der Waals surface area contributed by atoms with Crippen LogP contribution >= 0.6 is 23.3 Å². The Kier molecular flexibility index (Phi) is 3.63. The molecule has 1 aromatic carbocycles. The fourth-order valence-electron chi connectivity index (χ4n) is 2.25. The molecule has 1 atom stereocenters. The van der Waals surface area contributed by atoms with Crippen molar-refractivity contribution in [1.29, 1.82) is 0 Å². The Morgan fingerprint density at radius 2 is 2.37 bits per heavy atom. The number of nitrogens with zero attached hydrogens (tertiary/aromatic N) is 2. The van der Waals surface area contributed by atoms with Gasteiger partial charge < -0.3 is 10.6 Å². The predicted octanol–water partition coefficient (Wildman–Crippen LogP) is 2.28. The van der Waals surface area contributed by atoms with Gasteiger partial charge in [-0.05, 0) is 31.5 Å². The molecule has 1 aliphatic rings. The van der Waals surface area contributed by atoms with Crippen molar-refractivity contribution < 1.29 is 4.79 Å². The molecule has 0 saturated carbocycles. The summed E-state index contributed by atoms with van der Waals surface area (Å²) in [5.41, 5.74) is 1.99. The Balaban J connectivity index is 1.86. The van der Waals surface area contributed by atoms with Crippen LogP contribution in [0.2, 0.25) is 5.02 Å². The first kappa shape index (κ1) is 12.8. The monoisotopic (exact) mass is 296 g/mol. The minimum absolute atomic E-state index is 0.00500. The highest BCUT2D eigenvalue weighted by Crippen LogP contribution is 2.30. The molecule has 1 unspecified atom stereocenters. The second-order valence-corrected chi connectivity index (χ2v) is 5.52. The molecule has 0 aliphatic carbocycles. The van der Waals surface area contributed by atoms with Gasteiger partial charge >= 0.3 is 0 Å². The number of aromatic nitrogens is 2. The molecule has 19 heavy (non-hydrogen) atoms. The summed E-state index contributed by atoms with van der Waals surface area (Å²) in [6.07, 6.45) is 1.93. The number of anilines is 1. The number of rotatable bonds is 2. The number of fused-ring (bicyclic) bond motifs is 1. The SMILES string of the molecule is O=C(Nc1c(Cl)ccc2nsnc12)C1CCCNC1. The third-order valence-electron chi connectivity index (χ3n) is 3.29. The smallest absolute Gasteiger partial charge is 0.228 e. The highest BCUT2D eigenvalue weighted by molar-refractivity contribution is 7.00. The lowest BCUT2D eigenvalue weighted by Gasteiger charge is -2.22. The molecule has 2 N–H and O–H groups in total. The number of carbonyl (C=O) groups excluding carboxylic acids is 1. The fraction of sp³-hybridized carbons (Fsp3) is 0.417. The number of halogens is 1. The summed E-state index contributed by atoms with van der Waals surface area (Å²) >= 11 is 7.27. The van der Waals surface area contributed by atoms with E-state index in [-0.39, 0.29) is 11.8 Å². The van der Waals surface area contributed by atoms with Crippen LogP contribution in [0.3, 0.4) is 0 Å². The van der Waals surface area contributed by atoms with Gasteiger partial charge in [0, 0.05) is 6.54 Å². The summed E-state index contributed by atoms with van der Waals surface area (Å²) in [5, 5.41) is 6.63. The Hall–Kier alpha value is -1.24. The van der Waals surface area contributed by atoms with E-state index in [1.54, 1.807) is 12.1 Å². The van der Waals surface area contributed by atoms with Crippen LogP contribution in [-0.4, -0.2) is 27.7 Å². The van der Waals surface area contributed by atoms with Crippen molar-refractivity contribution in [2.75, 3.05) is 18.4 Å². The molecule has 100 valence electrons. The fourth-order valence-corrected chi connectivity index (χ4v) is 2.99. The van der Waals surface area contributed by atoms with E-state index in [0.717, 1.165) is 43.2 Å². The van der Waals surface area contributed by atoms with Crippen molar-refractivity contribution in [1.82, 2.24) is 14.1 Å². The molecule has 1 amide bonds. The van der Waals surface area contributed by atoms with Crippen LogP contribution in [0.1, 0.15) is 12.8 Å². The molecule has 2 heterocycles. The van der Waals surface area contributed by atoms with Crippen LogP contribution in [0.4, 0.5) is 5.69 Å². The lowest BCUT2D eigenvalue weighted by Crippen LogP contribution is -2.37. The summed E-state index contributed by atoms with van der Waals surface area (Å²) < 4.78 is 8.34. The maximum absolute atomic E-state index is 12.2. The normalized spacial score (nSPS) is 19.5. The molecule has 5 nitrogen and oxygen atoms in total. The van der Waals surface area contributed by atoms with Crippen LogP contribution in [0, 0.1) is 5.92 Å². The van der Waals surface area contributed by atoms with Gasteiger partial charge in [-0.25, -0.2) is 0 Å². The van der Waals surface area contributed by atoms with Gasteiger partial charge in [-0.2, -0.15) is 8.75 Å². The lowest BCUT2D eigenvalue weighted by atomic mass is 9.99. The third-order valence-corrected chi connectivity index (χ3v) is 4.15. The van der Waals surface area contributed by atoms with Gasteiger partial charge in [-0.1, -0.05) is 11.6 Å². The molecule has 0 bridgehead atoms. The van der Waals surface area contributed by atoms with E-state index >= 15 is 0 Å². The van der Waals surface area contributed by atoms with Crippen LogP contribution in [0.25, 0.3) is 11.0 Å². The molecule has 1 saturated heterocycles. The van der Waals surface area contributed by atoms with E-state index in [4.69, 9.17) is 11.6 Å². The molecule has 2 aromatic rings. The Bertz CT molecular complexity index is 609. The molecule has 3 rings (SSSR count). The summed E-state index contributed by atoms with van der Waals surface area (Å²) in [6.45, 7) is 1.70. The van der Waals surface area contributed by atoms with Crippen molar-refractivity contribution >= 4 is 46.0 Å². The third kappa shape index (κ3) is 2.56. The van der Waals surface area contributed by atoms with Crippen molar-refractivity contribution in [3.63, 3.8) is 0 Å². The minimum Gasteiger partial charge on any atom is -0.323 e. The van der Waals surface area contributed by atoms with Gasteiger partial charge in [0.2, 0.25) is 5.91 Å². The second-order valence-electron chi connectivity index (χ2n) is 4.59. The predicted molar refractivity (Wildman–Crippen MR) is 76.6 cm³/mol. The number of hydrogen-bond acceptors (Lipinski definition) is 5. The first-order valence-corrected chi connectivity index (χ1v) is 7.29. The molecule has 1 fully saturated rings. The first-order valence-electron chi connectivity index (χ1n) is 6.18. The van der Waals surface area contributed by atoms with Crippen LogP contribution in [-0.2, 0) is 4.79 Å². The first-order chi connectivity index (χ1) is 9.25. The number of amides is 1. The summed E-state index contributed by atoms with van der Waals surface area (Å²) in [7, 11) is 0. The standard InChI is InChI=1S/C12H13ClN4OS/c13-8-3-4-9-11(17-19-16-9)10(8)15-12(18)7-2-1-5-14-6-7/h3-4,7,14H,1-2,5-6H2,(H,15,18). The van der Waals surface area contributed by atoms with Gasteiger partial charge in [-0.15, -0.1) is 0 Å². The van der Waals surface area contributed by atoms with Crippen molar-refractivity contribution in [3.8, 4) is 0 Å². The number of nitrogens with one attached hydrogen (secondary N) is 2. The van der Waals surface area contributed by atoms with Gasteiger partial charge in [0.15, 0.2) is 0 Å². The van der Waals surface area contributed by atoms with Gasteiger partial charge in [0.25, 0.3) is 0 Å². The van der Waals surface area contributed by atoms with E-state index in [0.29, 0.717) is 16.2 Å². The molecule has 7 heteroatoms. The van der Waals surface area contributed by atoms with E-state index in [1.807, 2.05) is 0 Å². The van der Waals surface area contributed by atoms with Gasteiger partial charge in [-0.3, -0.25) is 4.79 Å². The summed E-state index contributed by atoms with van der Waals surface area (Å²) in [5.74, 6) is -0.0127. The molecular formula is C12H13ClN4OS. The van der Waals surface area contributed by atoms with Crippen molar-refractivity contribution in [2.45, 2.75) is 12.8 Å². The molecule has 0 radical (unpaired) electrons. The molecular weight excluding hydrogens is 284 g/mol. The van der Waals surface area contributed by atoms with E-state index in [1.165, 1.54) is 0 Å². The Morgan fingerprint density at radius 3 is 3.16 bits per heavy atom. The Morgan fingerprint density at radius 1 is 1.47 bits per heavy atom. The van der Waals surface area contributed by atoms with Crippen molar-refractivity contribution in [2.24, 2.45) is 5.92 Å². The van der Waals surface area contributed by atoms with Gasteiger partial charge in [0.1, 0.15) is 11.0 Å². The minimum atomic E-state index is -0.00772. The number of benzene rings is 1. The summed E-state index contributed by atoms with van der Waals surface area (Å²) in [4.78, 5) is 12.2. The lowest BCUT2D eigenvalue weighted by molar-refractivity contribution is -0.120. The average Bonchev–Trinajstić information content (AvgIpc) is 2.91. The van der Waals surface area contributed by atoms with Crippen LogP contribution < -0.4 is 10.6 Å². The Labute approximate surface area is 119 Å². The molecule has 0 spiro atoms. The maximum atomic E-state index is 12.2. The van der Waals surface area contributed by atoms with Crippen LogP contribution in [0.15, 0.2) is 12.1 Å². The van der Waals surface area contributed by atoms with Crippen LogP contribution in [0.5, 0.6) is 0 Å². The van der Waals surface area contributed by atoms with Crippen molar-refractivity contribution in [3.05, 3.63) is 17.2 Å². The zero-order valence-electron chi connectivity index (χ0n) is 10.1. The van der Waals surface area contributed by atoms with E-state index in [9.17, 15) is 4.79 Å². The largest absolute Gasteiger partial charge is 0.323 e. The number of hydrogen-bond donors (Lipinski definition) is 2. The number of carbonyl (C=O) groups is 1. The second kappa shape index (κ2) is 5.40. The maximum Gasteiger partial charge on any atom is 0.228 e. The molecule has 1 aromatic heterocycles. The van der Waals surface area contributed by atoms with E-state index in [2.05, 4.69) is 19.4 Å².